The van der Waals surface area contributed by atoms with Crippen LogP contribution in [0.2, 0.25) is 0 Å². The molecule has 1 fully saturated rings. The van der Waals surface area contributed by atoms with Crippen molar-refractivity contribution in [1.29, 1.82) is 0 Å². The highest BCUT2D eigenvalue weighted by atomic mass is 16.5. The Morgan fingerprint density at radius 3 is 2.95 bits per heavy atom. The van der Waals surface area contributed by atoms with Crippen molar-refractivity contribution < 1.29 is 9.26 Å². The molecule has 0 radical (unpaired) electrons. The van der Waals surface area contributed by atoms with Crippen LogP contribution in [-0.4, -0.2) is 48.4 Å². The van der Waals surface area contributed by atoms with Crippen molar-refractivity contribution in [3.05, 3.63) is 17.0 Å². The Labute approximate surface area is 113 Å². The summed E-state index contributed by atoms with van der Waals surface area (Å²) < 4.78 is 10.6. The van der Waals surface area contributed by atoms with Crippen LogP contribution in [0.25, 0.3) is 0 Å². The molecule has 0 bridgehead atoms. The summed E-state index contributed by atoms with van der Waals surface area (Å²) in [4.78, 5) is 6.51. The van der Waals surface area contributed by atoms with E-state index in [-0.39, 0.29) is 6.10 Å². The maximum atomic E-state index is 6.01. The molecule has 6 nitrogen and oxygen atoms in total. The molecule has 1 unspecified atom stereocenters. The molecule has 2 rings (SSSR count). The van der Waals surface area contributed by atoms with E-state index >= 15 is 0 Å². The number of nitrogens with two attached hydrogens (primary N) is 1. The number of aryl methyl sites for hydroxylation is 2. The van der Waals surface area contributed by atoms with Crippen LogP contribution in [0.15, 0.2) is 9.52 Å². The summed E-state index contributed by atoms with van der Waals surface area (Å²) in [6.45, 7) is 8.89. The first-order valence-corrected chi connectivity index (χ1v) is 6.66. The lowest BCUT2D eigenvalue weighted by Gasteiger charge is -2.31. The number of nitrogens with zero attached hydrogens (tertiary/aromatic N) is 3. The Morgan fingerprint density at radius 2 is 2.32 bits per heavy atom. The van der Waals surface area contributed by atoms with Crippen LogP contribution in [0.5, 0.6) is 0 Å². The highest BCUT2D eigenvalue weighted by Crippen LogP contribution is 2.12. The van der Waals surface area contributed by atoms with E-state index in [4.69, 9.17) is 15.0 Å². The van der Waals surface area contributed by atoms with Gasteiger partial charge in [-0.3, -0.25) is 4.99 Å². The van der Waals surface area contributed by atoms with Gasteiger partial charge in [-0.1, -0.05) is 5.16 Å². The van der Waals surface area contributed by atoms with Crippen molar-refractivity contribution in [3.63, 3.8) is 0 Å². The van der Waals surface area contributed by atoms with Crippen LogP contribution < -0.4 is 5.73 Å². The second kappa shape index (κ2) is 6.06. The van der Waals surface area contributed by atoms with Gasteiger partial charge in [0.2, 0.25) is 0 Å². The lowest BCUT2D eigenvalue weighted by Crippen LogP contribution is -2.47. The second-order valence-corrected chi connectivity index (χ2v) is 4.92. The zero-order valence-electron chi connectivity index (χ0n) is 11.8. The molecular weight excluding hydrogens is 244 g/mol. The molecule has 1 aromatic heterocycles. The molecule has 1 aliphatic rings. The molecule has 19 heavy (non-hydrogen) atoms. The average Bonchev–Trinajstić information content (AvgIpc) is 2.70. The molecule has 1 aromatic rings. The topological polar surface area (TPSA) is 76.9 Å². The molecule has 1 aliphatic heterocycles. The standard InChI is InChI=1S/C13H22N4O2/c1-9-8-17(6-7-18-9)13(14)15-5-4-12-10(2)16-19-11(12)3/h9H,4-8H2,1-3H3,(H2,14,15). The number of morpholine rings is 1. The highest BCUT2D eigenvalue weighted by Gasteiger charge is 2.18. The summed E-state index contributed by atoms with van der Waals surface area (Å²) >= 11 is 0. The normalized spacial score (nSPS) is 20.9. The molecule has 106 valence electrons. The molecule has 1 atom stereocenters. The van der Waals surface area contributed by atoms with Gasteiger partial charge in [-0.15, -0.1) is 0 Å². The van der Waals surface area contributed by atoms with Gasteiger partial charge in [0.05, 0.1) is 18.4 Å². The van der Waals surface area contributed by atoms with Crippen LogP contribution in [0.4, 0.5) is 0 Å². The zero-order valence-corrected chi connectivity index (χ0v) is 11.8. The van der Waals surface area contributed by atoms with E-state index in [1.165, 1.54) is 0 Å². The van der Waals surface area contributed by atoms with E-state index < -0.39 is 0 Å². The maximum Gasteiger partial charge on any atom is 0.191 e. The Bertz CT molecular complexity index is 436. The first-order chi connectivity index (χ1) is 9.08. The summed E-state index contributed by atoms with van der Waals surface area (Å²) in [5.41, 5.74) is 8.08. The summed E-state index contributed by atoms with van der Waals surface area (Å²) in [6, 6.07) is 0. The lowest BCUT2D eigenvalue weighted by molar-refractivity contribution is 0.00530. The van der Waals surface area contributed by atoms with E-state index in [1.54, 1.807) is 0 Å². The quantitative estimate of drug-likeness (QED) is 0.649. The highest BCUT2D eigenvalue weighted by molar-refractivity contribution is 5.78. The third kappa shape index (κ3) is 3.47. The summed E-state index contributed by atoms with van der Waals surface area (Å²) in [6.07, 6.45) is 1.02. The molecule has 6 heteroatoms. The molecule has 2 N–H and O–H groups in total. The van der Waals surface area contributed by atoms with E-state index in [9.17, 15) is 0 Å². The number of hydrogen-bond acceptors (Lipinski definition) is 4. The lowest BCUT2D eigenvalue weighted by atomic mass is 10.1. The van der Waals surface area contributed by atoms with Crippen LogP contribution in [0.1, 0.15) is 23.9 Å². The van der Waals surface area contributed by atoms with Gasteiger partial charge in [0.25, 0.3) is 0 Å². The maximum absolute atomic E-state index is 6.01. The van der Waals surface area contributed by atoms with Crippen LogP contribution in [0, 0.1) is 13.8 Å². The van der Waals surface area contributed by atoms with Crippen molar-refractivity contribution in [2.75, 3.05) is 26.2 Å². The molecule has 0 spiro atoms. The predicted molar refractivity (Wildman–Crippen MR) is 73.2 cm³/mol. The zero-order chi connectivity index (χ0) is 13.8. The van der Waals surface area contributed by atoms with Crippen LogP contribution in [-0.2, 0) is 11.2 Å². The molecule has 0 aliphatic carbocycles. The SMILES string of the molecule is Cc1noc(C)c1CCN=C(N)N1CCOC(C)C1. The van der Waals surface area contributed by atoms with Gasteiger partial charge < -0.3 is 19.9 Å². The number of rotatable bonds is 3. The Hall–Kier alpha value is -1.56. The van der Waals surface area contributed by atoms with Crippen LogP contribution in [0.3, 0.4) is 0 Å². The van der Waals surface area contributed by atoms with Crippen molar-refractivity contribution in [1.82, 2.24) is 10.1 Å². The molecule has 2 heterocycles. The van der Waals surface area contributed by atoms with Gasteiger partial charge in [-0.2, -0.15) is 0 Å². The number of hydrogen-bond donors (Lipinski definition) is 1. The Morgan fingerprint density at radius 1 is 1.53 bits per heavy atom. The summed E-state index contributed by atoms with van der Waals surface area (Å²) in [7, 11) is 0. The van der Waals surface area contributed by atoms with Gasteiger partial charge in [0.15, 0.2) is 5.96 Å². The van der Waals surface area contributed by atoms with Gasteiger partial charge in [0.1, 0.15) is 5.76 Å². The molecule has 0 amide bonds. The first kappa shape index (κ1) is 13.9. The Balaban J connectivity index is 1.88. The molecular formula is C13H22N4O2. The van der Waals surface area contributed by atoms with E-state index in [0.717, 1.165) is 36.5 Å². The third-order valence-electron chi connectivity index (χ3n) is 3.38. The van der Waals surface area contributed by atoms with E-state index in [0.29, 0.717) is 19.1 Å². The monoisotopic (exact) mass is 266 g/mol. The van der Waals surface area contributed by atoms with Gasteiger partial charge >= 0.3 is 0 Å². The van der Waals surface area contributed by atoms with Crippen molar-refractivity contribution >= 4 is 5.96 Å². The minimum atomic E-state index is 0.213. The smallest absolute Gasteiger partial charge is 0.191 e. The number of aliphatic imine (C=N–C) groups is 1. The fraction of sp³-hybridized carbons (Fsp3) is 0.692. The largest absolute Gasteiger partial charge is 0.375 e. The fourth-order valence-corrected chi connectivity index (χ4v) is 2.27. The van der Waals surface area contributed by atoms with Crippen LogP contribution >= 0.6 is 0 Å². The molecule has 0 aromatic carbocycles. The predicted octanol–water partition coefficient (Wildman–Crippen LogP) is 0.869. The van der Waals surface area contributed by atoms with Gasteiger partial charge in [-0.25, -0.2) is 0 Å². The minimum Gasteiger partial charge on any atom is -0.375 e. The van der Waals surface area contributed by atoms with Gasteiger partial charge in [-0.05, 0) is 27.2 Å². The Kier molecular flexibility index (Phi) is 4.42. The number of guanidine groups is 1. The minimum absolute atomic E-state index is 0.213. The van der Waals surface area contributed by atoms with Gasteiger partial charge in [0, 0.05) is 25.2 Å². The molecule has 1 saturated heterocycles. The van der Waals surface area contributed by atoms with Crippen molar-refractivity contribution in [3.8, 4) is 0 Å². The number of aromatic nitrogens is 1. The first-order valence-electron chi connectivity index (χ1n) is 6.66. The molecule has 0 saturated carbocycles. The van der Waals surface area contributed by atoms with E-state index in [2.05, 4.69) is 15.0 Å². The van der Waals surface area contributed by atoms with Crippen molar-refractivity contribution in [2.45, 2.75) is 33.3 Å². The average molecular weight is 266 g/mol. The summed E-state index contributed by atoms with van der Waals surface area (Å²) in [5.74, 6) is 1.47. The van der Waals surface area contributed by atoms with E-state index in [1.807, 2.05) is 20.8 Å². The fourth-order valence-electron chi connectivity index (χ4n) is 2.27. The summed E-state index contributed by atoms with van der Waals surface area (Å²) in [5, 5.41) is 3.93. The second-order valence-electron chi connectivity index (χ2n) is 4.92. The number of ether oxygens (including phenoxy) is 1. The third-order valence-corrected chi connectivity index (χ3v) is 3.38. The van der Waals surface area contributed by atoms with Crippen molar-refractivity contribution in [2.24, 2.45) is 10.7 Å².